The summed E-state index contributed by atoms with van der Waals surface area (Å²) in [6.07, 6.45) is 18.9. The SMILES string of the molecule is CCCn1c(CCNC2CCCCCC2)csc1=NC1CCCCCC1. The van der Waals surface area contributed by atoms with Crippen LogP contribution in [0.5, 0.6) is 0 Å². The Morgan fingerprint density at radius 3 is 2.31 bits per heavy atom. The maximum Gasteiger partial charge on any atom is 0.185 e. The maximum atomic E-state index is 5.19. The maximum absolute atomic E-state index is 5.19. The van der Waals surface area contributed by atoms with E-state index in [4.69, 9.17) is 4.99 Å². The van der Waals surface area contributed by atoms with Gasteiger partial charge in [-0.05, 0) is 32.1 Å². The fourth-order valence-corrected chi connectivity index (χ4v) is 5.59. The molecule has 2 saturated carbocycles. The van der Waals surface area contributed by atoms with Crippen LogP contribution in [0.1, 0.15) is 96.1 Å². The molecule has 0 aromatic carbocycles. The van der Waals surface area contributed by atoms with Gasteiger partial charge in [0.2, 0.25) is 0 Å². The molecule has 0 bridgehead atoms. The Bertz CT molecular complexity index is 558. The summed E-state index contributed by atoms with van der Waals surface area (Å²) < 4.78 is 2.52. The van der Waals surface area contributed by atoms with Crippen LogP contribution in [0.4, 0.5) is 0 Å². The van der Waals surface area contributed by atoms with Crippen molar-refractivity contribution in [2.75, 3.05) is 6.54 Å². The third-order valence-electron chi connectivity index (χ3n) is 6.11. The minimum Gasteiger partial charge on any atom is -0.321 e. The molecule has 0 atom stereocenters. The number of nitrogens with zero attached hydrogens (tertiary/aromatic N) is 2. The zero-order chi connectivity index (χ0) is 18.0. The summed E-state index contributed by atoms with van der Waals surface area (Å²) in [4.78, 5) is 6.47. The van der Waals surface area contributed by atoms with E-state index in [0.29, 0.717) is 6.04 Å². The first-order valence-corrected chi connectivity index (χ1v) is 12.2. The highest BCUT2D eigenvalue weighted by atomic mass is 32.1. The zero-order valence-electron chi connectivity index (χ0n) is 16.8. The minimum absolute atomic E-state index is 0.566. The predicted octanol–water partition coefficient (Wildman–Crippen LogP) is 5.44. The average Bonchev–Trinajstić information content (AvgIpc) is 2.87. The van der Waals surface area contributed by atoms with E-state index in [1.807, 2.05) is 11.3 Å². The van der Waals surface area contributed by atoms with Gasteiger partial charge in [0.05, 0.1) is 6.04 Å². The van der Waals surface area contributed by atoms with Crippen LogP contribution < -0.4 is 10.1 Å². The van der Waals surface area contributed by atoms with Crippen LogP contribution in [-0.4, -0.2) is 23.2 Å². The summed E-state index contributed by atoms with van der Waals surface area (Å²) in [5.41, 5.74) is 1.49. The average molecular weight is 378 g/mol. The van der Waals surface area contributed by atoms with Gasteiger partial charge in [-0.3, -0.25) is 4.99 Å². The Morgan fingerprint density at radius 2 is 1.65 bits per heavy atom. The lowest BCUT2D eigenvalue weighted by atomic mass is 10.1. The third-order valence-corrected chi connectivity index (χ3v) is 7.04. The van der Waals surface area contributed by atoms with Crippen LogP contribution in [0, 0.1) is 0 Å². The van der Waals surface area contributed by atoms with E-state index >= 15 is 0 Å². The third kappa shape index (κ3) is 6.23. The first kappa shape index (κ1) is 20.1. The van der Waals surface area contributed by atoms with E-state index in [1.54, 1.807) is 0 Å². The van der Waals surface area contributed by atoms with Crippen molar-refractivity contribution in [1.82, 2.24) is 9.88 Å². The fraction of sp³-hybridized carbons (Fsp3) is 0.864. The largest absolute Gasteiger partial charge is 0.321 e. The zero-order valence-corrected chi connectivity index (χ0v) is 17.7. The summed E-state index contributed by atoms with van der Waals surface area (Å²) in [5.74, 6) is 0. The molecule has 26 heavy (non-hydrogen) atoms. The number of aromatic nitrogens is 1. The minimum atomic E-state index is 0.566. The van der Waals surface area contributed by atoms with E-state index < -0.39 is 0 Å². The van der Waals surface area contributed by atoms with Crippen LogP contribution in [0.3, 0.4) is 0 Å². The Morgan fingerprint density at radius 1 is 1.00 bits per heavy atom. The lowest BCUT2D eigenvalue weighted by Crippen LogP contribution is -2.31. The molecule has 3 nitrogen and oxygen atoms in total. The molecule has 2 aliphatic carbocycles. The summed E-state index contributed by atoms with van der Waals surface area (Å²) in [6.45, 7) is 4.52. The van der Waals surface area contributed by atoms with Gasteiger partial charge in [-0.15, -0.1) is 11.3 Å². The summed E-state index contributed by atoms with van der Waals surface area (Å²) in [5, 5.41) is 6.21. The summed E-state index contributed by atoms with van der Waals surface area (Å²) in [6, 6.07) is 1.32. The Hall–Kier alpha value is -0.610. The smallest absolute Gasteiger partial charge is 0.185 e. The van der Waals surface area contributed by atoms with E-state index in [1.165, 1.54) is 94.0 Å². The van der Waals surface area contributed by atoms with Crippen molar-refractivity contribution in [3.8, 4) is 0 Å². The van der Waals surface area contributed by atoms with E-state index in [0.717, 1.165) is 25.6 Å². The molecule has 1 aromatic heterocycles. The highest BCUT2D eigenvalue weighted by molar-refractivity contribution is 7.07. The van der Waals surface area contributed by atoms with Crippen LogP contribution in [0.15, 0.2) is 10.4 Å². The van der Waals surface area contributed by atoms with Crippen LogP contribution in [0.25, 0.3) is 0 Å². The molecular weight excluding hydrogens is 338 g/mol. The monoisotopic (exact) mass is 377 g/mol. The highest BCUT2D eigenvalue weighted by Gasteiger charge is 2.14. The van der Waals surface area contributed by atoms with Gasteiger partial charge in [0.15, 0.2) is 4.80 Å². The first-order chi connectivity index (χ1) is 12.9. The van der Waals surface area contributed by atoms with Crippen molar-refractivity contribution in [2.24, 2.45) is 4.99 Å². The second-order valence-corrected chi connectivity index (χ2v) is 9.16. The van der Waals surface area contributed by atoms with Gasteiger partial charge in [-0.1, -0.05) is 58.3 Å². The predicted molar refractivity (Wildman–Crippen MR) is 113 cm³/mol. The van der Waals surface area contributed by atoms with Crippen LogP contribution >= 0.6 is 11.3 Å². The number of rotatable bonds is 7. The topological polar surface area (TPSA) is 29.3 Å². The molecule has 0 amide bonds. The van der Waals surface area contributed by atoms with Gasteiger partial charge in [0.25, 0.3) is 0 Å². The molecule has 4 heteroatoms. The van der Waals surface area contributed by atoms with Crippen molar-refractivity contribution >= 4 is 11.3 Å². The van der Waals surface area contributed by atoms with Gasteiger partial charge < -0.3 is 9.88 Å². The second kappa shape index (κ2) is 11.3. The van der Waals surface area contributed by atoms with E-state index in [2.05, 4.69) is 22.2 Å². The van der Waals surface area contributed by atoms with Gasteiger partial charge >= 0.3 is 0 Å². The number of thiazole rings is 1. The van der Waals surface area contributed by atoms with Crippen molar-refractivity contribution in [2.45, 2.75) is 115 Å². The summed E-state index contributed by atoms with van der Waals surface area (Å²) >= 11 is 1.87. The Kier molecular flexibility index (Phi) is 8.74. The van der Waals surface area contributed by atoms with Crippen molar-refractivity contribution in [3.63, 3.8) is 0 Å². The highest BCUT2D eigenvalue weighted by Crippen LogP contribution is 2.20. The first-order valence-electron chi connectivity index (χ1n) is 11.3. The molecule has 1 N–H and O–H groups in total. The normalized spacial score (nSPS) is 21.7. The van der Waals surface area contributed by atoms with E-state index in [9.17, 15) is 0 Å². The van der Waals surface area contributed by atoms with Crippen LogP contribution in [-0.2, 0) is 13.0 Å². The molecule has 0 aliphatic heterocycles. The molecule has 3 rings (SSSR count). The molecule has 0 radical (unpaired) electrons. The number of hydrogen-bond donors (Lipinski definition) is 1. The van der Waals surface area contributed by atoms with Gasteiger partial charge in [0.1, 0.15) is 0 Å². The lowest BCUT2D eigenvalue weighted by Gasteiger charge is -2.16. The molecule has 0 spiro atoms. The molecule has 148 valence electrons. The van der Waals surface area contributed by atoms with Gasteiger partial charge in [0, 0.05) is 36.6 Å². The quantitative estimate of drug-likeness (QED) is 0.630. The van der Waals surface area contributed by atoms with Crippen LogP contribution in [0.2, 0.25) is 0 Å². The van der Waals surface area contributed by atoms with Gasteiger partial charge in [-0.25, -0.2) is 0 Å². The summed E-state index contributed by atoms with van der Waals surface area (Å²) in [7, 11) is 0. The van der Waals surface area contributed by atoms with E-state index in [-0.39, 0.29) is 0 Å². The molecule has 2 aliphatic rings. The molecular formula is C22H39N3S. The second-order valence-electron chi connectivity index (χ2n) is 8.33. The molecule has 1 aromatic rings. The van der Waals surface area contributed by atoms with Crippen molar-refractivity contribution in [1.29, 1.82) is 0 Å². The fourth-order valence-electron chi connectivity index (χ4n) is 4.56. The number of hydrogen-bond acceptors (Lipinski definition) is 3. The molecule has 0 unspecified atom stereocenters. The lowest BCUT2D eigenvalue weighted by molar-refractivity contribution is 0.458. The number of nitrogens with one attached hydrogen (secondary N) is 1. The Labute approximate surface area is 164 Å². The molecule has 2 fully saturated rings. The van der Waals surface area contributed by atoms with Crippen molar-refractivity contribution in [3.05, 3.63) is 15.9 Å². The van der Waals surface area contributed by atoms with Gasteiger partial charge in [-0.2, -0.15) is 0 Å². The standard InChI is InChI=1S/C22H39N3S/c1-2-17-25-21(15-16-23-19-11-7-3-4-8-12-19)18-26-22(25)24-20-13-9-5-6-10-14-20/h18-20,23H,2-17H2,1H3. The van der Waals surface area contributed by atoms with Crippen molar-refractivity contribution < 1.29 is 0 Å². The Balaban J connectivity index is 1.60. The molecule has 1 heterocycles. The molecule has 0 saturated heterocycles.